The Morgan fingerprint density at radius 2 is 1.78 bits per heavy atom. The van der Waals surface area contributed by atoms with Gasteiger partial charge in [0, 0.05) is 16.7 Å². The Morgan fingerprint density at radius 3 is 2.44 bits per heavy atom. The molecule has 0 saturated heterocycles. The average Bonchev–Trinajstić information content (AvgIpc) is 2.35. The second kappa shape index (κ2) is 5.47. The van der Waals surface area contributed by atoms with Gasteiger partial charge in [-0.1, -0.05) is 12.1 Å². The van der Waals surface area contributed by atoms with Crippen LogP contribution in [0, 0.1) is 15.2 Å². The van der Waals surface area contributed by atoms with E-state index in [0.29, 0.717) is 0 Å². The molecule has 0 radical (unpaired) electrons. The predicted octanol–water partition coefficient (Wildman–Crippen LogP) is 3.75. The number of hydrogen-bond acceptors (Lipinski definition) is 3. The van der Waals surface area contributed by atoms with E-state index in [2.05, 4.69) is 38.2 Å². The monoisotopic (exact) mass is 361 g/mol. The summed E-state index contributed by atoms with van der Waals surface area (Å²) in [6.07, 6.45) is 0. The lowest BCUT2D eigenvalue weighted by Gasteiger charge is -2.10. The molecule has 3 nitrogen and oxygen atoms in total. The largest absolute Gasteiger partial charge is 0.371 e. The van der Waals surface area contributed by atoms with Crippen LogP contribution in [-0.4, -0.2) is 12.0 Å². The summed E-state index contributed by atoms with van der Waals surface area (Å²) in [4.78, 5) is 3.85. The molecule has 2 rings (SSSR count). The summed E-state index contributed by atoms with van der Waals surface area (Å²) in [5.41, 5.74) is 0.721. The first-order valence-corrected chi connectivity index (χ1v) is 6.25. The van der Waals surface area contributed by atoms with Gasteiger partial charge in [-0.2, -0.15) is 0 Å². The van der Waals surface area contributed by atoms with Crippen LogP contribution in [0.4, 0.5) is 26.1 Å². The van der Waals surface area contributed by atoms with Crippen LogP contribution in [0.1, 0.15) is 0 Å². The molecule has 0 aliphatic heterocycles. The molecule has 0 fully saturated rings. The highest BCUT2D eigenvalue weighted by molar-refractivity contribution is 14.1. The van der Waals surface area contributed by atoms with Crippen LogP contribution < -0.4 is 10.6 Å². The van der Waals surface area contributed by atoms with Crippen LogP contribution in [0.3, 0.4) is 0 Å². The van der Waals surface area contributed by atoms with Gasteiger partial charge in [0.25, 0.3) is 0 Å². The van der Waals surface area contributed by atoms with E-state index in [1.54, 1.807) is 6.07 Å². The fourth-order valence-electron chi connectivity index (χ4n) is 1.42. The highest BCUT2D eigenvalue weighted by Crippen LogP contribution is 2.25. The lowest BCUT2D eigenvalue weighted by molar-refractivity contribution is 0.580. The minimum atomic E-state index is -0.730. The van der Waals surface area contributed by atoms with E-state index in [4.69, 9.17) is 0 Å². The lowest BCUT2D eigenvalue weighted by Crippen LogP contribution is -2.04. The van der Waals surface area contributed by atoms with Gasteiger partial charge in [-0.05, 0) is 34.7 Å². The van der Waals surface area contributed by atoms with E-state index >= 15 is 0 Å². The zero-order valence-corrected chi connectivity index (χ0v) is 11.6. The molecule has 18 heavy (non-hydrogen) atoms. The van der Waals surface area contributed by atoms with Crippen molar-refractivity contribution >= 4 is 39.9 Å². The Labute approximate surface area is 117 Å². The summed E-state index contributed by atoms with van der Waals surface area (Å²) in [7, 11) is 1.53. The van der Waals surface area contributed by atoms with E-state index in [1.807, 2.05) is 18.2 Å². The first-order valence-electron chi connectivity index (χ1n) is 5.17. The van der Waals surface area contributed by atoms with Gasteiger partial charge >= 0.3 is 0 Å². The van der Waals surface area contributed by atoms with Gasteiger partial charge in [-0.3, -0.25) is 0 Å². The molecule has 1 aromatic carbocycles. The molecule has 1 aromatic heterocycles. The second-order valence-corrected chi connectivity index (χ2v) is 4.67. The van der Waals surface area contributed by atoms with Crippen molar-refractivity contribution in [2.24, 2.45) is 0 Å². The van der Waals surface area contributed by atoms with Gasteiger partial charge in [0.2, 0.25) is 0 Å². The van der Waals surface area contributed by atoms with Gasteiger partial charge in [0.1, 0.15) is 0 Å². The van der Waals surface area contributed by atoms with Crippen molar-refractivity contribution in [1.29, 1.82) is 0 Å². The number of hydrogen-bond donors (Lipinski definition) is 2. The molecule has 6 heteroatoms. The van der Waals surface area contributed by atoms with Crippen LogP contribution in [0.2, 0.25) is 0 Å². The Morgan fingerprint density at radius 1 is 1.11 bits per heavy atom. The third kappa shape index (κ3) is 2.69. The molecular weight excluding hydrogens is 351 g/mol. The zero-order valence-electron chi connectivity index (χ0n) is 9.47. The number of halogens is 3. The number of nitrogens with zero attached hydrogens (tertiary/aromatic N) is 1. The molecule has 0 saturated carbocycles. The summed E-state index contributed by atoms with van der Waals surface area (Å²) in [5, 5.41) is 5.41. The Hall–Kier alpha value is -1.44. The van der Waals surface area contributed by atoms with E-state index in [0.717, 1.165) is 15.3 Å². The van der Waals surface area contributed by atoms with Gasteiger partial charge in [0.05, 0.1) is 5.69 Å². The zero-order chi connectivity index (χ0) is 13.1. The molecule has 1 heterocycles. The number of nitrogens with one attached hydrogen (secondary N) is 2. The fraction of sp³-hybridized carbons (Fsp3) is 0.0833. The maximum absolute atomic E-state index is 13.6. The standard InChI is InChI=1S/C12H10F2IN3/c1-16-11-7(13)6-8(14)12(18-11)17-10-5-3-2-4-9(10)15/h2-6H,1H3,(H2,16,17,18). The molecule has 94 valence electrons. The van der Waals surface area contributed by atoms with Gasteiger partial charge in [-0.15, -0.1) is 0 Å². The van der Waals surface area contributed by atoms with Crippen LogP contribution >= 0.6 is 22.6 Å². The highest BCUT2D eigenvalue weighted by Gasteiger charge is 2.11. The SMILES string of the molecule is CNc1nc(Nc2ccccc2I)c(F)cc1F. The Balaban J connectivity index is 2.38. The van der Waals surface area contributed by atoms with E-state index in [-0.39, 0.29) is 11.6 Å². The summed E-state index contributed by atoms with van der Waals surface area (Å²) < 4.78 is 27.8. The molecule has 0 spiro atoms. The molecule has 2 N–H and O–H groups in total. The van der Waals surface area contributed by atoms with E-state index in [9.17, 15) is 8.78 Å². The molecule has 0 aliphatic rings. The van der Waals surface area contributed by atoms with Crippen molar-refractivity contribution in [1.82, 2.24) is 4.98 Å². The minimum absolute atomic E-state index is 0.00448. The molecular formula is C12H10F2IN3. The van der Waals surface area contributed by atoms with Gasteiger partial charge < -0.3 is 10.6 Å². The van der Waals surface area contributed by atoms with E-state index in [1.165, 1.54) is 7.05 Å². The second-order valence-electron chi connectivity index (χ2n) is 3.50. The molecule has 0 atom stereocenters. The minimum Gasteiger partial charge on any atom is -0.371 e. The van der Waals surface area contributed by atoms with E-state index < -0.39 is 11.6 Å². The number of rotatable bonds is 3. The molecule has 0 aliphatic carbocycles. The normalized spacial score (nSPS) is 10.2. The van der Waals surface area contributed by atoms with Crippen LogP contribution in [0.15, 0.2) is 30.3 Å². The van der Waals surface area contributed by atoms with Crippen molar-refractivity contribution in [2.75, 3.05) is 17.7 Å². The number of para-hydroxylation sites is 1. The number of pyridine rings is 1. The first-order chi connectivity index (χ1) is 8.61. The molecule has 2 aromatic rings. The van der Waals surface area contributed by atoms with Crippen LogP contribution in [-0.2, 0) is 0 Å². The van der Waals surface area contributed by atoms with Crippen LogP contribution in [0.25, 0.3) is 0 Å². The third-order valence-electron chi connectivity index (χ3n) is 2.29. The van der Waals surface area contributed by atoms with Crippen LogP contribution in [0.5, 0.6) is 0 Å². The smallest absolute Gasteiger partial charge is 0.169 e. The summed E-state index contributed by atoms with van der Waals surface area (Å²) in [6.45, 7) is 0. The first kappa shape index (κ1) is 13.0. The Bertz CT molecular complexity index is 575. The number of aromatic nitrogens is 1. The predicted molar refractivity (Wildman–Crippen MR) is 76.1 cm³/mol. The lowest BCUT2D eigenvalue weighted by atomic mass is 10.3. The Kier molecular flexibility index (Phi) is 3.95. The third-order valence-corrected chi connectivity index (χ3v) is 3.23. The molecule has 0 amide bonds. The highest BCUT2D eigenvalue weighted by atomic mass is 127. The summed E-state index contributed by atoms with van der Waals surface area (Å²) in [5.74, 6) is -1.45. The molecule has 0 bridgehead atoms. The number of anilines is 3. The number of benzene rings is 1. The van der Waals surface area contributed by atoms with Crippen molar-refractivity contribution in [3.8, 4) is 0 Å². The van der Waals surface area contributed by atoms with Crippen molar-refractivity contribution in [3.05, 3.63) is 45.5 Å². The van der Waals surface area contributed by atoms with Crippen molar-refractivity contribution in [2.45, 2.75) is 0 Å². The van der Waals surface area contributed by atoms with Crippen molar-refractivity contribution in [3.63, 3.8) is 0 Å². The summed E-state index contributed by atoms with van der Waals surface area (Å²) in [6, 6.07) is 8.18. The maximum Gasteiger partial charge on any atom is 0.169 e. The fourth-order valence-corrected chi connectivity index (χ4v) is 1.94. The van der Waals surface area contributed by atoms with Crippen molar-refractivity contribution < 1.29 is 8.78 Å². The van der Waals surface area contributed by atoms with Gasteiger partial charge in [-0.25, -0.2) is 13.8 Å². The summed E-state index contributed by atoms with van der Waals surface area (Å²) >= 11 is 2.12. The average molecular weight is 361 g/mol. The molecule has 0 unspecified atom stereocenters. The quantitative estimate of drug-likeness (QED) is 0.818. The van der Waals surface area contributed by atoms with Gasteiger partial charge in [0.15, 0.2) is 23.3 Å². The maximum atomic E-state index is 13.6. The topological polar surface area (TPSA) is 37.0 Å².